The van der Waals surface area contributed by atoms with Gasteiger partial charge in [-0.15, -0.1) is 0 Å². The molecule has 4 aromatic carbocycles. The highest BCUT2D eigenvalue weighted by Gasteiger charge is 2.12. The number of phenolic OH excluding ortho intramolecular Hbond substituents is 1. The van der Waals surface area contributed by atoms with Gasteiger partial charge in [0, 0.05) is 11.8 Å². The Kier molecular flexibility index (Phi) is 4.06. The van der Waals surface area contributed by atoms with E-state index in [1.165, 1.54) is 6.07 Å². The van der Waals surface area contributed by atoms with Gasteiger partial charge in [0.15, 0.2) is 5.58 Å². The molecule has 0 atom stereocenters. The molecule has 0 aliphatic carbocycles. The summed E-state index contributed by atoms with van der Waals surface area (Å²) in [5.41, 5.74) is 2.75. The summed E-state index contributed by atoms with van der Waals surface area (Å²) in [5, 5.41) is 12.2. The fraction of sp³-hybridized carbons (Fsp3) is 0. The molecule has 5 aromatic rings. The van der Waals surface area contributed by atoms with E-state index in [1.54, 1.807) is 48.7 Å². The number of phenols is 1. The van der Waals surface area contributed by atoms with Crippen LogP contribution < -0.4 is 0 Å². The van der Waals surface area contributed by atoms with Crippen LogP contribution in [0.15, 0.2) is 88.3 Å². The van der Waals surface area contributed by atoms with E-state index in [-0.39, 0.29) is 17.5 Å². The third-order valence-corrected chi connectivity index (χ3v) is 4.77. The lowest BCUT2D eigenvalue weighted by Crippen LogP contribution is -1.85. The monoisotopic (exact) mass is 382 g/mol. The van der Waals surface area contributed by atoms with E-state index in [1.807, 2.05) is 30.3 Å². The number of nitrogens with zero attached hydrogens (tertiary/aromatic N) is 2. The lowest BCUT2D eigenvalue weighted by Gasteiger charge is -2.04. The Bertz CT molecular complexity index is 1390. The van der Waals surface area contributed by atoms with Crippen molar-refractivity contribution < 1.29 is 13.9 Å². The first kappa shape index (κ1) is 17.1. The van der Waals surface area contributed by atoms with Gasteiger partial charge >= 0.3 is 0 Å². The van der Waals surface area contributed by atoms with Gasteiger partial charge in [-0.2, -0.15) is 0 Å². The molecular formula is C24H15FN2O2. The predicted octanol–water partition coefficient (Wildman–Crippen LogP) is 6.24. The zero-order valence-electron chi connectivity index (χ0n) is 15.2. The Labute approximate surface area is 165 Å². The minimum Gasteiger partial charge on any atom is -0.507 e. The van der Waals surface area contributed by atoms with Crippen molar-refractivity contribution in [3.05, 3.63) is 90.2 Å². The molecule has 0 amide bonds. The van der Waals surface area contributed by atoms with Gasteiger partial charge in [0.1, 0.15) is 17.1 Å². The van der Waals surface area contributed by atoms with Gasteiger partial charge in [0.2, 0.25) is 5.89 Å². The molecule has 29 heavy (non-hydrogen) atoms. The lowest BCUT2D eigenvalue weighted by molar-refractivity contribution is 0.475. The second-order valence-electron chi connectivity index (χ2n) is 6.63. The highest BCUT2D eigenvalue weighted by molar-refractivity contribution is 6.03. The van der Waals surface area contributed by atoms with Gasteiger partial charge in [-0.1, -0.05) is 42.5 Å². The normalized spacial score (nSPS) is 11.6. The van der Waals surface area contributed by atoms with Crippen LogP contribution >= 0.6 is 0 Å². The molecule has 1 aromatic heterocycles. The Balaban J connectivity index is 1.54. The van der Waals surface area contributed by atoms with Crippen molar-refractivity contribution in [3.63, 3.8) is 0 Å². The summed E-state index contributed by atoms with van der Waals surface area (Å²) in [6, 6.07) is 23.0. The van der Waals surface area contributed by atoms with Crippen LogP contribution in [0.3, 0.4) is 0 Å². The Morgan fingerprint density at radius 3 is 2.66 bits per heavy atom. The molecule has 140 valence electrons. The first-order valence-electron chi connectivity index (χ1n) is 9.09. The van der Waals surface area contributed by atoms with Gasteiger partial charge < -0.3 is 9.52 Å². The molecular weight excluding hydrogens is 367 g/mol. The summed E-state index contributed by atoms with van der Waals surface area (Å²) in [5.74, 6) is 0.00598. The number of aromatic nitrogens is 1. The molecule has 1 N–H and O–H groups in total. The molecule has 0 radical (unpaired) electrons. The quantitative estimate of drug-likeness (QED) is 0.376. The summed E-state index contributed by atoms with van der Waals surface area (Å²) < 4.78 is 19.7. The Hall–Kier alpha value is -3.99. The largest absolute Gasteiger partial charge is 0.507 e. The molecule has 0 aliphatic heterocycles. The topological polar surface area (TPSA) is 58.6 Å². The van der Waals surface area contributed by atoms with E-state index >= 15 is 0 Å². The van der Waals surface area contributed by atoms with Crippen LogP contribution in [0, 0.1) is 5.82 Å². The molecule has 1 heterocycles. The van der Waals surface area contributed by atoms with Crippen LogP contribution in [0.2, 0.25) is 0 Å². The number of fused-ring (bicyclic) bond motifs is 2. The highest BCUT2D eigenvalue weighted by Crippen LogP contribution is 2.30. The van der Waals surface area contributed by atoms with Crippen molar-refractivity contribution in [1.29, 1.82) is 0 Å². The maximum atomic E-state index is 14.0. The third-order valence-electron chi connectivity index (χ3n) is 4.77. The number of aromatic hydroxyl groups is 1. The van der Waals surface area contributed by atoms with E-state index in [2.05, 4.69) is 9.98 Å². The maximum absolute atomic E-state index is 14.0. The average Bonchev–Trinajstić information content (AvgIpc) is 3.16. The fourth-order valence-corrected chi connectivity index (χ4v) is 3.30. The van der Waals surface area contributed by atoms with Gasteiger partial charge in [0.05, 0.1) is 11.3 Å². The SMILES string of the molecule is Oc1ccc2ccccc2c1C=Nc1ccc2oc(-c3ccccc3F)nc2c1. The molecule has 0 aliphatic rings. The molecule has 0 bridgehead atoms. The van der Waals surface area contributed by atoms with Gasteiger partial charge in [-0.05, 0) is 47.2 Å². The van der Waals surface area contributed by atoms with Crippen LogP contribution in [0.4, 0.5) is 10.1 Å². The van der Waals surface area contributed by atoms with Crippen molar-refractivity contribution in [3.8, 4) is 17.2 Å². The van der Waals surface area contributed by atoms with Crippen LogP contribution in [0.25, 0.3) is 33.3 Å². The molecule has 0 spiro atoms. The fourth-order valence-electron chi connectivity index (χ4n) is 3.30. The summed E-state index contributed by atoms with van der Waals surface area (Å²) in [4.78, 5) is 8.89. The zero-order chi connectivity index (χ0) is 19.8. The number of halogens is 1. The molecule has 0 saturated heterocycles. The van der Waals surface area contributed by atoms with Crippen molar-refractivity contribution in [1.82, 2.24) is 4.98 Å². The van der Waals surface area contributed by atoms with Gasteiger partial charge in [0.25, 0.3) is 0 Å². The maximum Gasteiger partial charge on any atom is 0.230 e. The standard InChI is InChI=1S/C24H15FN2O2/c25-20-8-4-3-7-18(20)24-27-21-13-16(10-12-23(21)29-24)26-14-19-17-6-2-1-5-15(17)9-11-22(19)28/h1-14,28H. The first-order chi connectivity index (χ1) is 14.2. The zero-order valence-corrected chi connectivity index (χ0v) is 15.2. The van der Waals surface area contributed by atoms with E-state index in [9.17, 15) is 9.50 Å². The second kappa shape index (κ2) is 6.87. The number of aliphatic imine (C=N–C) groups is 1. The highest BCUT2D eigenvalue weighted by atomic mass is 19.1. The van der Waals surface area contributed by atoms with E-state index < -0.39 is 0 Å². The molecule has 0 unspecified atom stereocenters. The smallest absolute Gasteiger partial charge is 0.230 e. The molecule has 0 saturated carbocycles. The van der Waals surface area contributed by atoms with Crippen LogP contribution in [-0.4, -0.2) is 16.3 Å². The van der Waals surface area contributed by atoms with Crippen molar-refractivity contribution in [2.75, 3.05) is 0 Å². The van der Waals surface area contributed by atoms with Crippen molar-refractivity contribution >= 4 is 33.8 Å². The summed E-state index contributed by atoms with van der Waals surface area (Å²) in [6.45, 7) is 0. The number of hydrogen-bond donors (Lipinski definition) is 1. The lowest BCUT2D eigenvalue weighted by atomic mass is 10.0. The Morgan fingerprint density at radius 1 is 0.931 bits per heavy atom. The van der Waals surface area contributed by atoms with Crippen molar-refractivity contribution in [2.24, 2.45) is 4.99 Å². The van der Waals surface area contributed by atoms with Crippen molar-refractivity contribution in [2.45, 2.75) is 0 Å². The molecule has 4 nitrogen and oxygen atoms in total. The Morgan fingerprint density at radius 2 is 1.76 bits per heavy atom. The van der Waals surface area contributed by atoms with Gasteiger partial charge in [-0.3, -0.25) is 4.99 Å². The van der Waals surface area contributed by atoms with Crippen LogP contribution in [0.5, 0.6) is 5.75 Å². The van der Waals surface area contributed by atoms with Crippen LogP contribution in [-0.2, 0) is 0 Å². The van der Waals surface area contributed by atoms with Crippen LogP contribution in [0.1, 0.15) is 5.56 Å². The minimum atomic E-state index is -0.385. The first-order valence-corrected chi connectivity index (χ1v) is 9.09. The minimum absolute atomic E-state index is 0.164. The molecule has 0 fully saturated rings. The summed E-state index contributed by atoms with van der Waals surface area (Å²) >= 11 is 0. The van der Waals surface area contributed by atoms with E-state index in [0.29, 0.717) is 27.9 Å². The van der Waals surface area contributed by atoms with Gasteiger partial charge in [-0.25, -0.2) is 9.37 Å². The number of oxazole rings is 1. The molecule has 5 heteroatoms. The number of hydrogen-bond acceptors (Lipinski definition) is 4. The third kappa shape index (κ3) is 3.12. The second-order valence-corrected chi connectivity index (χ2v) is 6.63. The predicted molar refractivity (Wildman–Crippen MR) is 112 cm³/mol. The average molecular weight is 382 g/mol. The summed E-state index contributed by atoms with van der Waals surface area (Å²) in [7, 11) is 0. The molecule has 5 rings (SSSR count). The van der Waals surface area contributed by atoms with E-state index in [4.69, 9.17) is 4.42 Å². The number of benzene rings is 4. The van der Waals surface area contributed by atoms with E-state index in [0.717, 1.165) is 10.8 Å². The number of rotatable bonds is 3. The summed E-state index contributed by atoms with van der Waals surface area (Å²) in [6.07, 6.45) is 1.64.